The van der Waals surface area contributed by atoms with Crippen LogP contribution in [0.15, 0.2) is 30.5 Å². The lowest BCUT2D eigenvalue weighted by Gasteiger charge is -2.28. The van der Waals surface area contributed by atoms with Gasteiger partial charge in [-0.15, -0.1) is 0 Å². The van der Waals surface area contributed by atoms with Gasteiger partial charge in [0.05, 0.1) is 4.75 Å². The number of fused-ring (bicyclic) bond motifs is 1. The van der Waals surface area contributed by atoms with Crippen LogP contribution >= 0.6 is 0 Å². The van der Waals surface area contributed by atoms with Crippen LogP contribution in [0.3, 0.4) is 0 Å². The van der Waals surface area contributed by atoms with Gasteiger partial charge in [-0.2, -0.15) is 0 Å². The van der Waals surface area contributed by atoms with Crippen LogP contribution in [0.4, 0.5) is 5.82 Å². The number of carbonyl (C=O) groups excluding carboxylic acids is 1. The first-order valence-corrected chi connectivity index (χ1v) is 8.26. The van der Waals surface area contributed by atoms with Gasteiger partial charge in [0, 0.05) is 17.5 Å². The molecule has 0 aliphatic heterocycles. The number of nitrogens with one attached hydrogen (secondary N) is 1. The molecular weight excluding hydrogens is 300 g/mol. The third-order valence-electron chi connectivity index (χ3n) is 4.03. The number of hydrogen-bond acceptors (Lipinski definition) is 4. The van der Waals surface area contributed by atoms with Gasteiger partial charge in [-0.05, 0) is 60.9 Å². The molecule has 1 aliphatic carbocycles. The maximum Gasteiger partial charge on any atom is 0.228 e. The summed E-state index contributed by atoms with van der Waals surface area (Å²) in [5, 5.41) is 4.57. The van der Waals surface area contributed by atoms with Gasteiger partial charge in [-0.3, -0.25) is 9.00 Å². The minimum Gasteiger partial charge on any atom is -0.772 e. The molecule has 1 aliphatic rings. The van der Waals surface area contributed by atoms with Gasteiger partial charge in [-0.25, -0.2) is 4.98 Å². The smallest absolute Gasteiger partial charge is 0.228 e. The number of anilines is 1. The SMILES string of the molecule is CC(C)(c1ccc2cc(NC(=O)C3CC3)ncc2c1)S(=O)[O-]. The Balaban J connectivity index is 1.91. The molecule has 1 unspecified atom stereocenters. The van der Waals surface area contributed by atoms with Crippen LogP contribution in [0.2, 0.25) is 0 Å². The summed E-state index contributed by atoms with van der Waals surface area (Å²) in [6.45, 7) is 3.32. The van der Waals surface area contributed by atoms with Gasteiger partial charge in [0.25, 0.3) is 0 Å². The second kappa shape index (κ2) is 5.44. The molecule has 0 bridgehead atoms. The summed E-state index contributed by atoms with van der Waals surface area (Å²) in [6.07, 6.45) is 3.56. The molecule has 1 fully saturated rings. The van der Waals surface area contributed by atoms with Gasteiger partial charge in [0.2, 0.25) is 5.91 Å². The van der Waals surface area contributed by atoms with E-state index in [-0.39, 0.29) is 11.8 Å². The third kappa shape index (κ3) is 2.89. The van der Waals surface area contributed by atoms with Crippen molar-refractivity contribution in [1.29, 1.82) is 0 Å². The molecule has 0 radical (unpaired) electrons. The van der Waals surface area contributed by atoms with Gasteiger partial charge in [-0.1, -0.05) is 12.1 Å². The van der Waals surface area contributed by atoms with E-state index in [1.165, 1.54) is 0 Å². The van der Waals surface area contributed by atoms with Crippen LogP contribution in [-0.4, -0.2) is 19.7 Å². The summed E-state index contributed by atoms with van der Waals surface area (Å²) < 4.78 is 21.7. The van der Waals surface area contributed by atoms with Crippen LogP contribution in [0.1, 0.15) is 32.3 Å². The van der Waals surface area contributed by atoms with Crippen molar-refractivity contribution in [1.82, 2.24) is 4.98 Å². The lowest BCUT2D eigenvalue weighted by molar-refractivity contribution is -0.117. The lowest BCUT2D eigenvalue weighted by atomic mass is 9.99. The van der Waals surface area contributed by atoms with Crippen LogP contribution in [0, 0.1) is 5.92 Å². The Kier molecular flexibility index (Phi) is 3.74. The number of carbonyl (C=O) groups is 1. The average Bonchev–Trinajstić information content (AvgIpc) is 3.31. The van der Waals surface area contributed by atoms with E-state index in [1.807, 2.05) is 12.1 Å². The van der Waals surface area contributed by atoms with Crippen molar-refractivity contribution in [2.75, 3.05) is 5.32 Å². The van der Waals surface area contributed by atoms with Crippen molar-refractivity contribution in [3.63, 3.8) is 0 Å². The van der Waals surface area contributed by atoms with Crippen molar-refractivity contribution in [2.45, 2.75) is 31.4 Å². The number of amides is 1. The van der Waals surface area contributed by atoms with Crippen molar-refractivity contribution in [3.8, 4) is 0 Å². The Morgan fingerprint density at radius 3 is 2.68 bits per heavy atom. The molecule has 1 aromatic carbocycles. The predicted molar refractivity (Wildman–Crippen MR) is 85.0 cm³/mol. The minimum atomic E-state index is -2.21. The first-order chi connectivity index (χ1) is 10.4. The summed E-state index contributed by atoms with van der Waals surface area (Å²) in [5.74, 6) is 0.683. The van der Waals surface area contributed by atoms with Crippen molar-refractivity contribution < 1.29 is 13.6 Å². The molecule has 0 spiro atoms. The largest absolute Gasteiger partial charge is 0.772 e. The molecule has 6 heteroatoms. The zero-order valence-electron chi connectivity index (χ0n) is 12.5. The second-order valence-electron chi connectivity index (χ2n) is 6.14. The summed E-state index contributed by atoms with van der Waals surface area (Å²) >= 11 is -2.21. The Labute approximate surface area is 131 Å². The Morgan fingerprint density at radius 2 is 2.05 bits per heavy atom. The highest BCUT2D eigenvalue weighted by molar-refractivity contribution is 7.80. The minimum absolute atomic E-state index is 0.0198. The van der Waals surface area contributed by atoms with Crippen molar-refractivity contribution >= 4 is 33.6 Å². The number of benzene rings is 1. The van der Waals surface area contributed by atoms with Crippen molar-refractivity contribution in [2.24, 2.45) is 5.92 Å². The van der Waals surface area contributed by atoms with Crippen LogP contribution in [0.25, 0.3) is 10.8 Å². The maximum absolute atomic E-state index is 11.8. The molecule has 2 aromatic rings. The van der Waals surface area contributed by atoms with E-state index < -0.39 is 15.8 Å². The van der Waals surface area contributed by atoms with E-state index in [4.69, 9.17) is 0 Å². The number of nitrogens with zero attached hydrogens (tertiary/aromatic N) is 1. The van der Waals surface area contributed by atoms with E-state index in [2.05, 4.69) is 10.3 Å². The zero-order chi connectivity index (χ0) is 15.9. The fraction of sp³-hybridized carbons (Fsp3) is 0.375. The number of hydrogen-bond donors (Lipinski definition) is 1. The topological polar surface area (TPSA) is 82.1 Å². The quantitative estimate of drug-likeness (QED) is 0.879. The highest BCUT2D eigenvalue weighted by Crippen LogP contribution is 2.31. The summed E-state index contributed by atoms with van der Waals surface area (Å²) in [4.78, 5) is 16.0. The molecule has 1 heterocycles. The van der Waals surface area contributed by atoms with E-state index in [0.717, 1.165) is 23.6 Å². The predicted octanol–water partition coefficient (Wildman–Crippen LogP) is 2.70. The molecule has 3 rings (SSSR count). The molecule has 1 N–H and O–H groups in total. The molecule has 0 saturated heterocycles. The van der Waals surface area contributed by atoms with E-state index >= 15 is 0 Å². The molecule has 1 atom stereocenters. The van der Waals surface area contributed by atoms with Gasteiger partial charge in [0.15, 0.2) is 0 Å². The fourth-order valence-corrected chi connectivity index (χ4v) is 2.57. The highest BCUT2D eigenvalue weighted by Gasteiger charge is 2.29. The standard InChI is InChI=1S/C16H18N2O3S/c1-16(2,22(20)21)13-6-5-11-8-14(17-9-12(11)7-13)18-15(19)10-3-4-10/h5-10H,3-4H2,1-2H3,(H,20,21)(H,17,18,19)/p-1. The van der Waals surface area contributed by atoms with E-state index in [0.29, 0.717) is 11.4 Å². The summed E-state index contributed by atoms with van der Waals surface area (Å²) in [5.41, 5.74) is 0.713. The molecule has 1 saturated carbocycles. The first-order valence-electron chi connectivity index (χ1n) is 7.18. The molecule has 1 aromatic heterocycles. The monoisotopic (exact) mass is 317 g/mol. The van der Waals surface area contributed by atoms with Crippen LogP contribution in [0.5, 0.6) is 0 Å². The summed E-state index contributed by atoms with van der Waals surface area (Å²) in [6, 6.07) is 7.28. The Morgan fingerprint density at radius 1 is 1.32 bits per heavy atom. The normalized spacial score (nSPS) is 16.5. The van der Waals surface area contributed by atoms with Gasteiger partial charge >= 0.3 is 0 Å². The van der Waals surface area contributed by atoms with Gasteiger partial charge < -0.3 is 9.87 Å². The summed E-state index contributed by atoms with van der Waals surface area (Å²) in [7, 11) is 0. The highest BCUT2D eigenvalue weighted by atomic mass is 32.2. The molecule has 1 amide bonds. The molecule has 116 valence electrons. The number of pyridine rings is 1. The zero-order valence-corrected chi connectivity index (χ0v) is 13.3. The molecular formula is C16H17N2O3S-. The third-order valence-corrected chi connectivity index (χ3v) is 5.10. The lowest BCUT2D eigenvalue weighted by Crippen LogP contribution is -2.23. The first kappa shape index (κ1) is 15.1. The average molecular weight is 317 g/mol. The number of rotatable bonds is 4. The van der Waals surface area contributed by atoms with Crippen LogP contribution < -0.4 is 5.32 Å². The van der Waals surface area contributed by atoms with Gasteiger partial charge in [0.1, 0.15) is 5.82 Å². The Bertz CT molecular complexity index is 769. The Hall–Kier alpha value is -1.79. The van der Waals surface area contributed by atoms with E-state index in [1.54, 1.807) is 32.2 Å². The van der Waals surface area contributed by atoms with E-state index in [9.17, 15) is 13.6 Å². The maximum atomic E-state index is 11.8. The van der Waals surface area contributed by atoms with Crippen LogP contribution in [-0.2, 0) is 20.6 Å². The second-order valence-corrected chi connectivity index (χ2v) is 7.63. The molecule has 5 nitrogen and oxygen atoms in total. The number of aromatic nitrogens is 1. The fourth-order valence-electron chi connectivity index (χ4n) is 2.25. The molecule has 22 heavy (non-hydrogen) atoms. The van der Waals surface area contributed by atoms with Crippen molar-refractivity contribution in [3.05, 3.63) is 36.0 Å².